The summed E-state index contributed by atoms with van der Waals surface area (Å²) in [7, 11) is 0. The molecule has 1 aromatic rings. The molecule has 0 spiro atoms. The molecule has 2 N–H and O–H groups in total. The second-order valence-electron chi connectivity index (χ2n) is 4.45. The van der Waals surface area contributed by atoms with Gasteiger partial charge in [-0.1, -0.05) is 0 Å². The van der Waals surface area contributed by atoms with Gasteiger partial charge in [0.2, 0.25) is 0 Å². The number of rotatable bonds is 6. The topological polar surface area (TPSA) is 93.5 Å². The number of aryl methyl sites for hydroxylation is 1. The van der Waals surface area contributed by atoms with E-state index in [0.717, 1.165) is 19.4 Å². The summed E-state index contributed by atoms with van der Waals surface area (Å²) in [5.41, 5.74) is 0.295. The number of nitrogens with one attached hydrogen (secondary N) is 1. The van der Waals surface area contributed by atoms with Gasteiger partial charge in [0.25, 0.3) is 5.91 Å². The summed E-state index contributed by atoms with van der Waals surface area (Å²) in [6.07, 6.45) is 3.68. The number of carboxylic acid groups (broad SMARTS) is 1. The quantitative estimate of drug-likeness (QED) is 0.771. The maximum absolute atomic E-state index is 11.8. The molecular weight excluding hydrogens is 250 g/mol. The molecule has 1 amide bonds. The van der Waals surface area contributed by atoms with Crippen molar-refractivity contribution in [3.8, 4) is 0 Å². The molecule has 2 rings (SSSR count). The molecule has 7 heteroatoms. The van der Waals surface area contributed by atoms with Gasteiger partial charge in [0.15, 0.2) is 0 Å². The monoisotopic (exact) mass is 267 g/mol. The molecule has 104 valence electrons. The molecule has 0 bridgehead atoms. The Labute approximate surface area is 110 Å². The first-order valence-electron chi connectivity index (χ1n) is 6.30. The number of ether oxygens (including phenoxy) is 1. The highest BCUT2D eigenvalue weighted by molar-refractivity contribution is 5.92. The van der Waals surface area contributed by atoms with Gasteiger partial charge < -0.3 is 15.2 Å². The predicted molar refractivity (Wildman–Crippen MR) is 65.8 cm³/mol. The van der Waals surface area contributed by atoms with Gasteiger partial charge in [-0.3, -0.25) is 14.3 Å². The van der Waals surface area contributed by atoms with E-state index in [1.165, 1.54) is 4.68 Å². The molecule has 2 heterocycles. The first-order valence-corrected chi connectivity index (χ1v) is 6.30. The van der Waals surface area contributed by atoms with E-state index in [9.17, 15) is 9.59 Å². The fraction of sp³-hybridized carbons (Fsp3) is 0.583. The van der Waals surface area contributed by atoms with E-state index in [2.05, 4.69) is 10.4 Å². The number of aromatic nitrogens is 2. The first-order chi connectivity index (χ1) is 9.15. The lowest BCUT2D eigenvalue weighted by molar-refractivity contribution is -0.137. The zero-order valence-corrected chi connectivity index (χ0v) is 10.5. The molecule has 1 aromatic heterocycles. The van der Waals surface area contributed by atoms with Gasteiger partial charge in [-0.2, -0.15) is 5.10 Å². The summed E-state index contributed by atoms with van der Waals surface area (Å²) in [4.78, 5) is 22.2. The number of carbonyl (C=O) groups excluding carboxylic acids is 1. The Morgan fingerprint density at radius 3 is 3.11 bits per heavy atom. The normalized spacial score (nSPS) is 18.4. The minimum Gasteiger partial charge on any atom is -0.481 e. The predicted octanol–water partition coefficient (Wildman–Crippen LogP) is 0.267. The lowest BCUT2D eigenvalue weighted by atomic mass is 10.2. The molecule has 0 aromatic carbocycles. The Bertz CT molecular complexity index is 452. The molecule has 1 atom stereocenters. The summed E-state index contributed by atoms with van der Waals surface area (Å²) in [5.74, 6) is -1.15. The molecule has 7 nitrogen and oxygen atoms in total. The maximum atomic E-state index is 11.8. The Kier molecular flexibility index (Phi) is 4.51. The van der Waals surface area contributed by atoms with Crippen LogP contribution in [0.4, 0.5) is 0 Å². The van der Waals surface area contributed by atoms with Crippen molar-refractivity contribution in [2.24, 2.45) is 0 Å². The lowest BCUT2D eigenvalue weighted by Crippen LogP contribution is -2.32. The van der Waals surface area contributed by atoms with Gasteiger partial charge in [-0.25, -0.2) is 0 Å². The van der Waals surface area contributed by atoms with E-state index in [4.69, 9.17) is 9.84 Å². The van der Waals surface area contributed by atoms with Crippen LogP contribution in [0.3, 0.4) is 0 Å². The van der Waals surface area contributed by atoms with Crippen molar-refractivity contribution in [2.45, 2.75) is 31.9 Å². The van der Waals surface area contributed by atoms with Crippen molar-refractivity contribution >= 4 is 11.9 Å². The van der Waals surface area contributed by atoms with Crippen molar-refractivity contribution in [2.75, 3.05) is 13.2 Å². The molecule has 1 aliphatic heterocycles. The van der Waals surface area contributed by atoms with Crippen molar-refractivity contribution < 1.29 is 19.4 Å². The van der Waals surface area contributed by atoms with E-state index < -0.39 is 5.97 Å². The van der Waals surface area contributed by atoms with Crippen LogP contribution in [0.2, 0.25) is 0 Å². The summed E-state index contributed by atoms with van der Waals surface area (Å²) in [5, 5.41) is 15.4. The third kappa shape index (κ3) is 4.06. The smallest absolute Gasteiger partial charge is 0.305 e. The minimum absolute atomic E-state index is 0.0152. The zero-order valence-electron chi connectivity index (χ0n) is 10.5. The Morgan fingerprint density at radius 2 is 2.42 bits per heavy atom. The molecule has 1 fully saturated rings. The van der Waals surface area contributed by atoms with Gasteiger partial charge in [0, 0.05) is 19.3 Å². The summed E-state index contributed by atoms with van der Waals surface area (Å²) < 4.78 is 6.86. The molecule has 19 heavy (non-hydrogen) atoms. The summed E-state index contributed by atoms with van der Waals surface area (Å²) in [6, 6.07) is 1.58. The molecule has 1 saturated heterocycles. The number of aliphatic carboxylic acids is 1. The largest absolute Gasteiger partial charge is 0.481 e. The molecule has 1 unspecified atom stereocenters. The van der Waals surface area contributed by atoms with Crippen molar-refractivity contribution in [3.63, 3.8) is 0 Å². The highest BCUT2D eigenvalue weighted by Gasteiger charge is 2.17. The molecule has 0 radical (unpaired) electrons. The fourth-order valence-electron chi connectivity index (χ4n) is 1.92. The third-order valence-electron chi connectivity index (χ3n) is 2.94. The van der Waals surface area contributed by atoms with E-state index in [1.807, 2.05) is 0 Å². The Balaban J connectivity index is 1.79. The number of amides is 1. The Morgan fingerprint density at radius 1 is 1.58 bits per heavy atom. The average molecular weight is 267 g/mol. The number of hydrogen-bond donors (Lipinski definition) is 2. The van der Waals surface area contributed by atoms with Crippen molar-refractivity contribution in [3.05, 3.63) is 18.0 Å². The van der Waals surface area contributed by atoms with Crippen LogP contribution in [0.1, 0.15) is 29.8 Å². The van der Waals surface area contributed by atoms with Crippen LogP contribution in [-0.2, 0) is 16.1 Å². The third-order valence-corrected chi connectivity index (χ3v) is 2.94. The standard InChI is InChI=1S/C12H17N3O4/c16-11(17)4-6-15-5-3-10(14-15)12(18)13-8-9-2-1-7-19-9/h3,5,9H,1-2,4,6-8H2,(H,13,18)(H,16,17). The van der Waals surface area contributed by atoms with Crippen LogP contribution < -0.4 is 5.32 Å². The minimum atomic E-state index is -0.889. The number of nitrogens with zero attached hydrogens (tertiary/aromatic N) is 2. The fourth-order valence-corrected chi connectivity index (χ4v) is 1.92. The first kappa shape index (κ1) is 13.5. The number of hydrogen-bond acceptors (Lipinski definition) is 4. The van der Waals surface area contributed by atoms with E-state index >= 15 is 0 Å². The second-order valence-corrected chi connectivity index (χ2v) is 4.45. The average Bonchev–Trinajstić information content (AvgIpc) is 3.04. The van der Waals surface area contributed by atoms with Crippen LogP contribution in [0, 0.1) is 0 Å². The SMILES string of the molecule is O=C(O)CCn1ccc(C(=O)NCC2CCCO2)n1. The van der Waals surface area contributed by atoms with E-state index in [0.29, 0.717) is 12.2 Å². The maximum Gasteiger partial charge on any atom is 0.305 e. The van der Waals surface area contributed by atoms with Gasteiger partial charge in [0.05, 0.1) is 19.1 Å². The van der Waals surface area contributed by atoms with Crippen LogP contribution in [-0.4, -0.2) is 46.0 Å². The van der Waals surface area contributed by atoms with E-state index in [-0.39, 0.29) is 25.0 Å². The highest BCUT2D eigenvalue weighted by atomic mass is 16.5. The highest BCUT2D eigenvalue weighted by Crippen LogP contribution is 2.10. The second kappa shape index (κ2) is 6.33. The molecular formula is C12H17N3O4. The molecule has 1 aliphatic rings. The van der Waals surface area contributed by atoms with Gasteiger partial charge in [0.1, 0.15) is 5.69 Å². The number of carboxylic acids is 1. The van der Waals surface area contributed by atoms with Crippen LogP contribution in [0.15, 0.2) is 12.3 Å². The van der Waals surface area contributed by atoms with Gasteiger partial charge >= 0.3 is 5.97 Å². The zero-order chi connectivity index (χ0) is 13.7. The summed E-state index contributed by atoms with van der Waals surface area (Å²) in [6.45, 7) is 1.50. The van der Waals surface area contributed by atoms with Gasteiger partial charge in [-0.15, -0.1) is 0 Å². The summed E-state index contributed by atoms with van der Waals surface area (Å²) >= 11 is 0. The Hall–Kier alpha value is -1.89. The number of carbonyl (C=O) groups is 2. The molecule has 0 saturated carbocycles. The molecule has 0 aliphatic carbocycles. The van der Waals surface area contributed by atoms with Gasteiger partial charge in [-0.05, 0) is 18.9 Å². The van der Waals surface area contributed by atoms with E-state index in [1.54, 1.807) is 12.3 Å². The van der Waals surface area contributed by atoms with Crippen LogP contribution in [0.25, 0.3) is 0 Å². The lowest BCUT2D eigenvalue weighted by Gasteiger charge is -2.09. The van der Waals surface area contributed by atoms with Crippen LogP contribution in [0.5, 0.6) is 0 Å². The van der Waals surface area contributed by atoms with Crippen molar-refractivity contribution in [1.29, 1.82) is 0 Å². The van der Waals surface area contributed by atoms with Crippen LogP contribution >= 0.6 is 0 Å². The van der Waals surface area contributed by atoms with Crippen molar-refractivity contribution in [1.82, 2.24) is 15.1 Å².